The fourth-order valence-corrected chi connectivity index (χ4v) is 6.59. The van der Waals surface area contributed by atoms with Gasteiger partial charge in [0, 0.05) is 34.5 Å². The zero-order valence-corrected chi connectivity index (χ0v) is 23.1. The van der Waals surface area contributed by atoms with Gasteiger partial charge in [-0.25, -0.2) is 22.2 Å². The van der Waals surface area contributed by atoms with Crippen molar-refractivity contribution in [1.82, 2.24) is 14.1 Å². The monoisotopic (exact) mass is 587 g/mol. The number of alkyl halides is 3. The largest absolute Gasteiger partial charge is 0.573 e. The average Bonchev–Trinajstić information content (AvgIpc) is 3.47. The topological polar surface area (TPSA) is 114 Å². The summed E-state index contributed by atoms with van der Waals surface area (Å²) >= 11 is 0. The number of nitrogens with zero attached hydrogens (tertiary/aromatic N) is 3. The van der Waals surface area contributed by atoms with E-state index in [2.05, 4.69) is 19.6 Å². The molecule has 0 N–H and O–H groups in total. The normalized spacial score (nSPS) is 17.5. The van der Waals surface area contributed by atoms with E-state index < -0.39 is 32.9 Å². The van der Waals surface area contributed by atoms with Crippen LogP contribution in [0, 0.1) is 13.8 Å². The summed E-state index contributed by atoms with van der Waals surface area (Å²) in [6.07, 6.45) is 2.79. The molecule has 1 aliphatic rings. The molecule has 1 aromatic carbocycles. The number of esters is 1. The SMILES string of the molecule is COC(=O)c1ccc(-c2cn(S(=O)(=O)C3(C)C=C(c4c(C)noc4C)C=CC3)c3ncccc23)c(OC(F)(F)F)c1. The molecule has 214 valence electrons. The molecule has 1 atom stereocenters. The van der Waals surface area contributed by atoms with Crippen LogP contribution in [0.4, 0.5) is 13.2 Å². The van der Waals surface area contributed by atoms with E-state index >= 15 is 0 Å². The van der Waals surface area contributed by atoms with Crippen LogP contribution in [0.3, 0.4) is 0 Å². The lowest BCUT2D eigenvalue weighted by Gasteiger charge is -2.29. The van der Waals surface area contributed by atoms with Gasteiger partial charge in [-0.1, -0.05) is 23.4 Å². The van der Waals surface area contributed by atoms with Crippen LogP contribution >= 0.6 is 0 Å². The molecule has 0 radical (unpaired) electrons. The number of methoxy groups -OCH3 is 1. The predicted molar refractivity (Wildman–Crippen MR) is 144 cm³/mol. The predicted octanol–water partition coefficient (Wildman–Crippen LogP) is 5.97. The van der Waals surface area contributed by atoms with E-state index in [1.165, 1.54) is 30.6 Å². The van der Waals surface area contributed by atoms with Crippen LogP contribution in [-0.2, 0) is 14.8 Å². The van der Waals surface area contributed by atoms with E-state index in [0.717, 1.165) is 17.1 Å². The van der Waals surface area contributed by atoms with Crippen molar-refractivity contribution in [2.24, 2.45) is 0 Å². The van der Waals surface area contributed by atoms with Gasteiger partial charge in [-0.15, -0.1) is 13.2 Å². The van der Waals surface area contributed by atoms with Crippen molar-refractivity contribution in [3.63, 3.8) is 0 Å². The van der Waals surface area contributed by atoms with Gasteiger partial charge in [-0.05, 0) is 63.1 Å². The van der Waals surface area contributed by atoms with Gasteiger partial charge in [0.05, 0.1) is 18.4 Å². The van der Waals surface area contributed by atoms with Gasteiger partial charge in [0.2, 0.25) is 10.0 Å². The van der Waals surface area contributed by atoms with E-state index in [-0.39, 0.29) is 34.1 Å². The lowest BCUT2D eigenvalue weighted by Crippen LogP contribution is -2.38. The number of halogens is 3. The number of aryl methyl sites for hydroxylation is 2. The van der Waals surface area contributed by atoms with Crippen molar-refractivity contribution in [2.75, 3.05) is 7.11 Å². The van der Waals surface area contributed by atoms with E-state index in [1.807, 2.05) is 0 Å². The van der Waals surface area contributed by atoms with E-state index in [4.69, 9.17) is 4.52 Å². The molecule has 0 spiro atoms. The molecule has 4 aromatic rings. The molecule has 3 heterocycles. The Bertz CT molecular complexity index is 1830. The van der Waals surface area contributed by atoms with Crippen LogP contribution in [0.15, 0.2) is 65.5 Å². The first-order valence-corrected chi connectivity index (χ1v) is 13.7. The van der Waals surface area contributed by atoms with Gasteiger partial charge in [-0.3, -0.25) is 0 Å². The third-order valence-electron chi connectivity index (χ3n) is 6.90. The summed E-state index contributed by atoms with van der Waals surface area (Å²) in [5, 5.41) is 4.22. The lowest BCUT2D eigenvalue weighted by molar-refractivity contribution is -0.274. The fraction of sp³-hybridized carbons (Fsp3) is 0.250. The molecular weight excluding hydrogens is 563 g/mol. The van der Waals surface area contributed by atoms with Gasteiger partial charge in [0.15, 0.2) is 5.65 Å². The number of hydrogen-bond acceptors (Lipinski definition) is 8. The first-order valence-electron chi connectivity index (χ1n) is 12.3. The number of hydrogen-bond donors (Lipinski definition) is 0. The molecule has 1 aliphatic carbocycles. The number of ether oxygens (including phenoxy) is 2. The maximum atomic E-state index is 14.3. The molecule has 0 aliphatic heterocycles. The Morgan fingerprint density at radius 3 is 2.59 bits per heavy atom. The number of rotatable bonds is 6. The molecule has 0 saturated carbocycles. The number of allylic oxidation sites excluding steroid dienone is 3. The maximum absolute atomic E-state index is 14.3. The van der Waals surface area contributed by atoms with Crippen LogP contribution in [0.25, 0.3) is 27.7 Å². The molecule has 0 amide bonds. The van der Waals surface area contributed by atoms with Gasteiger partial charge in [0.1, 0.15) is 16.3 Å². The molecule has 0 fully saturated rings. The summed E-state index contributed by atoms with van der Waals surface area (Å²) < 4.78 is 82.4. The quantitative estimate of drug-likeness (QED) is 0.254. The number of aromatic nitrogens is 3. The number of benzene rings is 1. The number of pyridine rings is 1. The Morgan fingerprint density at radius 2 is 1.93 bits per heavy atom. The minimum atomic E-state index is -5.09. The summed E-state index contributed by atoms with van der Waals surface area (Å²) in [4.78, 5) is 16.3. The molecule has 1 unspecified atom stereocenters. The maximum Gasteiger partial charge on any atom is 0.573 e. The van der Waals surface area contributed by atoms with Crippen molar-refractivity contribution in [3.05, 3.63) is 83.5 Å². The van der Waals surface area contributed by atoms with Gasteiger partial charge < -0.3 is 14.0 Å². The Kier molecular flexibility index (Phi) is 6.80. The second-order valence-electron chi connectivity index (χ2n) is 9.69. The number of carbonyl (C=O) groups excluding carboxylic acids is 1. The van der Waals surface area contributed by atoms with E-state index in [9.17, 15) is 26.4 Å². The van der Waals surface area contributed by atoms with Gasteiger partial charge in [0.25, 0.3) is 0 Å². The molecule has 13 heteroatoms. The molecule has 5 rings (SSSR count). The molecule has 41 heavy (non-hydrogen) atoms. The number of carbonyl (C=O) groups is 1. The van der Waals surface area contributed by atoms with Crippen LogP contribution in [0.1, 0.15) is 40.7 Å². The van der Waals surface area contributed by atoms with E-state index in [0.29, 0.717) is 22.6 Å². The second-order valence-corrected chi connectivity index (χ2v) is 12.0. The average molecular weight is 588 g/mol. The molecule has 0 bridgehead atoms. The summed E-state index contributed by atoms with van der Waals surface area (Å²) in [5.74, 6) is -1.04. The third kappa shape index (κ3) is 4.90. The molecule has 3 aromatic heterocycles. The van der Waals surface area contributed by atoms with Gasteiger partial charge in [-0.2, -0.15) is 0 Å². The van der Waals surface area contributed by atoms with Crippen molar-refractivity contribution >= 4 is 32.6 Å². The van der Waals surface area contributed by atoms with Crippen LogP contribution < -0.4 is 4.74 Å². The van der Waals surface area contributed by atoms with Crippen molar-refractivity contribution < 1.29 is 40.4 Å². The molecular formula is C28H24F3N3O6S. The Morgan fingerprint density at radius 1 is 1.17 bits per heavy atom. The third-order valence-corrected chi connectivity index (χ3v) is 9.16. The highest BCUT2D eigenvalue weighted by molar-refractivity contribution is 7.91. The van der Waals surface area contributed by atoms with E-state index in [1.54, 1.807) is 45.1 Å². The molecule has 0 saturated heterocycles. The van der Waals surface area contributed by atoms with Crippen molar-refractivity contribution in [3.8, 4) is 16.9 Å². The van der Waals surface area contributed by atoms with Crippen molar-refractivity contribution in [1.29, 1.82) is 0 Å². The summed E-state index contributed by atoms with van der Waals surface area (Å²) in [7, 11) is -3.17. The second kappa shape index (κ2) is 9.91. The van der Waals surface area contributed by atoms with Crippen LogP contribution in [-0.4, -0.2) is 46.7 Å². The highest BCUT2D eigenvalue weighted by Crippen LogP contribution is 2.42. The highest BCUT2D eigenvalue weighted by Gasteiger charge is 2.41. The standard InChI is InChI=1S/C28H24F3N3O6S/c1-16-24(17(2)40-33-16)19-7-5-11-27(3,14-19)41(36,37)34-15-22(21-8-6-12-32-25(21)34)20-10-9-18(26(35)38-4)13-23(20)39-28(29,30)31/h5-10,12-15H,11H2,1-4H3. The smallest absolute Gasteiger partial charge is 0.465 e. The Balaban J connectivity index is 1.70. The lowest BCUT2D eigenvalue weighted by atomic mass is 9.92. The first-order chi connectivity index (χ1) is 19.3. The summed E-state index contributed by atoms with van der Waals surface area (Å²) in [6, 6.07) is 6.49. The summed E-state index contributed by atoms with van der Waals surface area (Å²) in [6.45, 7) is 5.04. The van der Waals surface area contributed by atoms with Gasteiger partial charge >= 0.3 is 12.3 Å². The Hall–Kier alpha value is -4.39. The molecule has 9 nitrogen and oxygen atoms in total. The Labute approximate surface area is 232 Å². The van der Waals surface area contributed by atoms with Crippen LogP contribution in [0.2, 0.25) is 0 Å². The number of fused-ring (bicyclic) bond motifs is 1. The zero-order valence-electron chi connectivity index (χ0n) is 22.3. The van der Waals surface area contributed by atoms with Crippen molar-refractivity contribution in [2.45, 2.75) is 38.3 Å². The first kappa shape index (κ1) is 28.1. The fourth-order valence-electron chi connectivity index (χ4n) is 4.94. The summed E-state index contributed by atoms with van der Waals surface area (Å²) in [5.41, 5.74) is 1.74. The van der Waals surface area contributed by atoms with Crippen LogP contribution in [0.5, 0.6) is 5.75 Å². The highest BCUT2D eigenvalue weighted by atomic mass is 32.2. The minimum Gasteiger partial charge on any atom is -0.465 e. The minimum absolute atomic E-state index is 0.0144. The zero-order chi connectivity index (χ0) is 29.7.